The highest BCUT2D eigenvalue weighted by Gasteiger charge is 2.40. The minimum absolute atomic E-state index is 0.103. The van der Waals surface area contributed by atoms with Crippen LogP contribution in [0.2, 0.25) is 0 Å². The number of rotatable bonds is 10. The summed E-state index contributed by atoms with van der Waals surface area (Å²) in [6.45, 7) is 3.45. The summed E-state index contributed by atoms with van der Waals surface area (Å²) < 4.78 is 45.4. The number of nitrogens with zero attached hydrogens (tertiary/aromatic N) is 1. The summed E-state index contributed by atoms with van der Waals surface area (Å²) in [6.07, 6.45) is 4.84. The van der Waals surface area contributed by atoms with Gasteiger partial charge in [-0.3, -0.25) is 0 Å². The van der Waals surface area contributed by atoms with Gasteiger partial charge in [-0.15, -0.1) is 0 Å². The van der Waals surface area contributed by atoms with Crippen molar-refractivity contribution in [2.24, 2.45) is 5.92 Å². The number of nitrogens with one attached hydrogen (secondary N) is 1. The van der Waals surface area contributed by atoms with Crippen LogP contribution in [0.4, 0.5) is 0 Å². The minimum Gasteiger partial charge on any atom is -0.497 e. The van der Waals surface area contributed by atoms with Gasteiger partial charge in [0, 0.05) is 31.9 Å². The lowest BCUT2D eigenvalue weighted by Gasteiger charge is -2.42. The number of methoxy groups -OCH3 is 3. The molecule has 1 aromatic rings. The highest BCUT2D eigenvalue weighted by molar-refractivity contribution is 7.89. The fourth-order valence-electron chi connectivity index (χ4n) is 3.86. The SMILES string of the molecule is COCCC1(NS(=O)(=O)c2cc(OC)ccc2OC)CCN(CC2CC2)CC1. The van der Waals surface area contributed by atoms with Crippen molar-refractivity contribution in [2.75, 3.05) is 47.6 Å². The topological polar surface area (TPSA) is 77.1 Å². The predicted octanol–water partition coefficient (Wildman–Crippen LogP) is 2.26. The minimum atomic E-state index is -3.78. The molecule has 0 unspecified atom stereocenters. The third-order valence-corrected chi connectivity index (χ3v) is 7.42. The maximum atomic E-state index is 13.3. The predicted molar refractivity (Wildman–Crippen MR) is 107 cm³/mol. The van der Waals surface area contributed by atoms with Gasteiger partial charge in [0.1, 0.15) is 16.4 Å². The van der Waals surface area contributed by atoms with Crippen molar-refractivity contribution in [3.05, 3.63) is 18.2 Å². The zero-order valence-electron chi connectivity index (χ0n) is 17.1. The first-order chi connectivity index (χ1) is 13.4. The van der Waals surface area contributed by atoms with Crippen LogP contribution in [0.1, 0.15) is 32.1 Å². The Bertz CT molecular complexity index is 756. The lowest BCUT2D eigenvalue weighted by Crippen LogP contribution is -2.55. The summed E-state index contributed by atoms with van der Waals surface area (Å²) in [5.41, 5.74) is -0.511. The van der Waals surface area contributed by atoms with E-state index < -0.39 is 15.6 Å². The molecule has 8 heteroatoms. The number of hydrogen-bond donors (Lipinski definition) is 1. The molecule has 1 aliphatic carbocycles. The second kappa shape index (κ2) is 8.98. The van der Waals surface area contributed by atoms with Crippen molar-refractivity contribution < 1.29 is 22.6 Å². The van der Waals surface area contributed by atoms with Crippen molar-refractivity contribution in [3.8, 4) is 11.5 Å². The summed E-state index contributed by atoms with van der Waals surface area (Å²) in [5, 5.41) is 0. The summed E-state index contributed by atoms with van der Waals surface area (Å²) in [5.74, 6) is 1.62. The Morgan fingerprint density at radius 1 is 1.14 bits per heavy atom. The lowest BCUT2D eigenvalue weighted by molar-refractivity contribution is 0.105. The molecule has 1 saturated carbocycles. The molecular formula is C20H32N2O5S. The molecule has 2 aliphatic rings. The summed E-state index contributed by atoms with van der Waals surface area (Å²) in [4.78, 5) is 2.56. The van der Waals surface area contributed by atoms with Crippen LogP contribution >= 0.6 is 0 Å². The molecule has 1 N–H and O–H groups in total. The van der Waals surface area contributed by atoms with Gasteiger partial charge in [0.05, 0.1) is 14.2 Å². The summed E-state index contributed by atoms with van der Waals surface area (Å²) in [7, 11) is 0.852. The molecular weight excluding hydrogens is 380 g/mol. The number of benzene rings is 1. The average Bonchev–Trinajstić information content (AvgIpc) is 3.51. The quantitative estimate of drug-likeness (QED) is 0.635. The fourth-order valence-corrected chi connectivity index (χ4v) is 5.54. The molecule has 3 rings (SSSR count). The highest BCUT2D eigenvalue weighted by atomic mass is 32.2. The molecule has 1 saturated heterocycles. The van der Waals surface area contributed by atoms with Crippen LogP contribution < -0.4 is 14.2 Å². The summed E-state index contributed by atoms with van der Waals surface area (Å²) in [6, 6.07) is 4.82. The Morgan fingerprint density at radius 3 is 2.43 bits per heavy atom. The number of likely N-dealkylation sites (tertiary alicyclic amines) is 1. The van der Waals surface area contributed by atoms with Crippen LogP contribution in [-0.4, -0.2) is 66.4 Å². The largest absolute Gasteiger partial charge is 0.497 e. The monoisotopic (exact) mass is 412 g/mol. The van der Waals surface area contributed by atoms with E-state index in [9.17, 15) is 8.42 Å². The molecule has 0 atom stereocenters. The van der Waals surface area contributed by atoms with E-state index in [4.69, 9.17) is 14.2 Å². The molecule has 158 valence electrons. The van der Waals surface area contributed by atoms with E-state index in [0.29, 0.717) is 24.5 Å². The van der Waals surface area contributed by atoms with Gasteiger partial charge in [0.25, 0.3) is 0 Å². The Labute approximate surface area is 168 Å². The lowest BCUT2D eigenvalue weighted by atomic mass is 9.85. The molecule has 1 aliphatic heterocycles. The van der Waals surface area contributed by atoms with Gasteiger partial charge in [0.2, 0.25) is 10.0 Å². The fraction of sp³-hybridized carbons (Fsp3) is 0.700. The standard InChI is InChI=1S/C20H32N2O5S/c1-25-13-10-20(8-11-22(12-9-20)15-16-4-5-16)21-28(23,24)19-14-17(26-2)6-7-18(19)27-3/h6-7,14,16,21H,4-5,8-13,15H2,1-3H3. The van der Waals surface area contributed by atoms with E-state index in [2.05, 4.69) is 9.62 Å². The molecule has 0 aromatic heterocycles. The van der Waals surface area contributed by atoms with Gasteiger partial charge in [-0.25, -0.2) is 13.1 Å². The van der Waals surface area contributed by atoms with Gasteiger partial charge in [-0.1, -0.05) is 0 Å². The maximum Gasteiger partial charge on any atom is 0.244 e. The van der Waals surface area contributed by atoms with Crippen molar-refractivity contribution in [3.63, 3.8) is 0 Å². The number of piperidine rings is 1. The van der Waals surface area contributed by atoms with E-state index >= 15 is 0 Å². The van der Waals surface area contributed by atoms with E-state index in [0.717, 1.165) is 38.4 Å². The van der Waals surface area contributed by atoms with E-state index in [1.165, 1.54) is 33.1 Å². The normalized spacial score (nSPS) is 20.1. The Hall–Kier alpha value is -1.35. The zero-order chi connectivity index (χ0) is 20.2. The third-order valence-electron chi connectivity index (χ3n) is 5.82. The van der Waals surface area contributed by atoms with Crippen LogP contribution in [-0.2, 0) is 14.8 Å². The molecule has 1 heterocycles. The Balaban J connectivity index is 1.79. The van der Waals surface area contributed by atoms with E-state index in [-0.39, 0.29) is 4.90 Å². The van der Waals surface area contributed by atoms with E-state index in [1.807, 2.05) is 0 Å². The summed E-state index contributed by atoms with van der Waals surface area (Å²) >= 11 is 0. The Kier molecular flexibility index (Phi) is 6.85. The number of hydrogen-bond acceptors (Lipinski definition) is 6. The van der Waals surface area contributed by atoms with Crippen molar-refractivity contribution >= 4 is 10.0 Å². The second-order valence-corrected chi connectivity index (χ2v) is 9.54. The molecule has 7 nitrogen and oxygen atoms in total. The van der Waals surface area contributed by atoms with Crippen LogP contribution in [0.15, 0.2) is 23.1 Å². The number of ether oxygens (including phenoxy) is 3. The van der Waals surface area contributed by atoms with Crippen molar-refractivity contribution in [1.82, 2.24) is 9.62 Å². The van der Waals surface area contributed by atoms with Gasteiger partial charge in [-0.05, 0) is 63.2 Å². The number of sulfonamides is 1. The van der Waals surface area contributed by atoms with Gasteiger partial charge in [-0.2, -0.15) is 0 Å². The molecule has 0 spiro atoms. The highest BCUT2D eigenvalue weighted by Crippen LogP contribution is 2.35. The zero-order valence-corrected chi connectivity index (χ0v) is 17.9. The molecule has 1 aromatic carbocycles. The second-order valence-electron chi connectivity index (χ2n) is 7.89. The van der Waals surface area contributed by atoms with Gasteiger partial charge in [0.15, 0.2) is 0 Å². The third kappa shape index (κ3) is 5.17. The smallest absolute Gasteiger partial charge is 0.244 e. The molecule has 0 amide bonds. The van der Waals surface area contributed by atoms with Gasteiger partial charge >= 0.3 is 0 Å². The molecule has 0 radical (unpaired) electrons. The first-order valence-electron chi connectivity index (χ1n) is 9.89. The van der Waals surface area contributed by atoms with Crippen molar-refractivity contribution in [1.29, 1.82) is 0 Å². The van der Waals surface area contributed by atoms with Crippen LogP contribution in [0.3, 0.4) is 0 Å². The Morgan fingerprint density at radius 2 is 1.86 bits per heavy atom. The molecule has 2 fully saturated rings. The van der Waals surface area contributed by atoms with Crippen LogP contribution in [0.25, 0.3) is 0 Å². The van der Waals surface area contributed by atoms with Crippen LogP contribution in [0, 0.1) is 5.92 Å². The molecule has 0 bridgehead atoms. The average molecular weight is 413 g/mol. The first-order valence-corrected chi connectivity index (χ1v) is 11.4. The maximum absolute atomic E-state index is 13.3. The van der Waals surface area contributed by atoms with Crippen LogP contribution in [0.5, 0.6) is 11.5 Å². The molecule has 28 heavy (non-hydrogen) atoms. The van der Waals surface area contributed by atoms with Gasteiger partial charge < -0.3 is 19.1 Å². The first kappa shape index (κ1) is 21.4. The van der Waals surface area contributed by atoms with Crippen molar-refractivity contribution in [2.45, 2.75) is 42.5 Å². The van der Waals surface area contributed by atoms with E-state index in [1.54, 1.807) is 19.2 Å².